The van der Waals surface area contributed by atoms with Crippen molar-refractivity contribution in [3.63, 3.8) is 0 Å². The Morgan fingerprint density at radius 3 is 2.62 bits per heavy atom. The number of anilines is 1. The van der Waals surface area contributed by atoms with Crippen molar-refractivity contribution in [2.75, 3.05) is 44.8 Å². The number of nitrogens with one attached hydrogen (secondary N) is 2. The molecule has 1 amide bonds. The summed E-state index contributed by atoms with van der Waals surface area (Å²) in [6.07, 6.45) is 0. The molecule has 0 aliphatic carbocycles. The Labute approximate surface area is 194 Å². The Morgan fingerprint density at radius 1 is 1.19 bits per heavy atom. The molecule has 0 saturated carbocycles. The summed E-state index contributed by atoms with van der Waals surface area (Å²) >= 11 is 0. The van der Waals surface area contributed by atoms with Gasteiger partial charge in [0.2, 0.25) is 11.8 Å². The molecule has 9 heteroatoms. The number of fused-ring (bicyclic) bond motifs is 1. The van der Waals surface area contributed by atoms with Crippen molar-refractivity contribution in [2.45, 2.75) is 20.0 Å². The third-order valence-electron chi connectivity index (χ3n) is 5.52. The summed E-state index contributed by atoms with van der Waals surface area (Å²) in [5, 5.41) is 6.01. The molecule has 3 heterocycles. The fraction of sp³-hybridized carbons (Fsp3) is 0.435. The molecule has 2 aliphatic heterocycles. The van der Waals surface area contributed by atoms with Crippen molar-refractivity contribution in [1.82, 2.24) is 15.2 Å². The monoisotopic (exact) mass is 460 g/mol. The molecule has 2 N–H and O–H groups in total. The normalized spacial score (nSPS) is 18.2. The van der Waals surface area contributed by atoms with E-state index in [-0.39, 0.29) is 36.3 Å². The minimum absolute atomic E-state index is 0. The molecule has 4 rings (SSSR count). The van der Waals surface area contributed by atoms with E-state index >= 15 is 0 Å². The number of Topliss-reactive ketones (excluding diaryl/α,β-unsaturated/α-hetero) is 1. The summed E-state index contributed by atoms with van der Waals surface area (Å²) in [5.74, 6) is -1.01. The number of carbonyl (C=O) groups excluding carboxylic acids is 2. The lowest BCUT2D eigenvalue weighted by molar-refractivity contribution is -0.123. The molecule has 2 aromatic rings. The van der Waals surface area contributed by atoms with Crippen molar-refractivity contribution in [3.05, 3.63) is 53.2 Å². The van der Waals surface area contributed by atoms with E-state index in [2.05, 4.69) is 32.7 Å². The van der Waals surface area contributed by atoms with Crippen molar-refractivity contribution in [2.24, 2.45) is 5.92 Å². The lowest BCUT2D eigenvalue weighted by Crippen LogP contribution is -2.42. The van der Waals surface area contributed by atoms with E-state index in [4.69, 9.17) is 9.47 Å². The number of amides is 1. The molecule has 8 nitrogen and oxygen atoms in total. The first-order valence-corrected chi connectivity index (χ1v) is 10.7. The highest BCUT2D eigenvalue weighted by Gasteiger charge is 2.34. The van der Waals surface area contributed by atoms with Crippen LogP contribution in [-0.2, 0) is 22.6 Å². The van der Waals surface area contributed by atoms with Gasteiger partial charge < -0.3 is 20.1 Å². The molecule has 0 spiro atoms. The van der Waals surface area contributed by atoms with Crippen molar-refractivity contribution in [1.29, 1.82) is 0 Å². The Hall–Kier alpha value is -2.68. The number of aromatic nitrogens is 1. The summed E-state index contributed by atoms with van der Waals surface area (Å²) in [7, 11) is 0. The number of hydrogen-bond donors (Lipinski definition) is 2. The van der Waals surface area contributed by atoms with E-state index in [1.54, 1.807) is 12.1 Å². The first-order chi connectivity index (χ1) is 15.1. The van der Waals surface area contributed by atoms with Gasteiger partial charge in [-0.1, -0.05) is 24.3 Å². The van der Waals surface area contributed by atoms with E-state index in [0.29, 0.717) is 24.7 Å². The second kappa shape index (κ2) is 11.3. The van der Waals surface area contributed by atoms with E-state index < -0.39 is 5.92 Å². The first kappa shape index (κ1) is 24.0. The van der Waals surface area contributed by atoms with Crippen LogP contribution in [0.3, 0.4) is 0 Å². The van der Waals surface area contributed by atoms with Crippen LogP contribution in [-0.4, -0.2) is 61.0 Å². The van der Waals surface area contributed by atoms with Gasteiger partial charge >= 0.3 is 0 Å². The van der Waals surface area contributed by atoms with Crippen LogP contribution < -0.4 is 15.4 Å². The van der Waals surface area contributed by atoms with Gasteiger partial charge in [0.25, 0.3) is 0 Å². The predicted octanol–water partition coefficient (Wildman–Crippen LogP) is 2.28. The first-order valence-electron chi connectivity index (χ1n) is 10.7. The van der Waals surface area contributed by atoms with Crippen molar-refractivity contribution >= 4 is 29.8 Å². The van der Waals surface area contributed by atoms with Gasteiger partial charge in [-0.25, -0.2) is 4.98 Å². The molecule has 1 fully saturated rings. The second-order valence-corrected chi connectivity index (χ2v) is 7.70. The number of ether oxygens (including phenoxy) is 2. The molecule has 32 heavy (non-hydrogen) atoms. The minimum atomic E-state index is -0.808. The number of carbonyl (C=O) groups is 2. The van der Waals surface area contributed by atoms with Gasteiger partial charge in [-0.3, -0.25) is 14.5 Å². The Morgan fingerprint density at radius 2 is 1.91 bits per heavy atom. The standard InChI is InChI=1S/C23H28N4O4.ClH/c1-2-31-20-8-7-19-21(26-20)22(28)18(14-24-19)23(29)25-13-16-3-5-17(6-4-16)15-27-9-11-30-12-10-27;/h3-8,18,24H,2,9-15H2,1H3,(H,25,29);1H. The molecule has 1 atom stereocenters. The SMILES string of the molecule is CCOc1ccc2c(n1)C(=O)C(C(=O)NCc1ccc(CN3CCOCC3)cc1)CN2.Cl. The highest BCUT2D eigenvalue weighted by molar-refractivity contribution is 6.13. The third-order valence-corrected chi connectivity index (χ3v) is 5.52. The summed E-state index contributed by atoms with van der Waals surface area (Å²) in [4.78, 5) is 32.1. The van der Waals surface area contributed by atoms with Crippen molar-refractivity contribution < 1.29 is 19.1 Å². The molecule has 172 valence electrons. The molecular formula is C23H29ClN4O4. The Bertz CT molecular complexity index is 932. The van der Waals surface area contributed by atoms with Crippen LogP contribution in [0.15, 0.2) is 36.4 Å². The molecule has 1 unspecified atom stereocenters. The number of pyridine rings is 1. The second-order valence-electron chi connectivity index (χ2n) is 7.70. The van der Waals surface area contributed by atoms with Crippen LogP contribution in [0.2, 0.25) is 0 Å². The maximum absolute atomic E-state index is 12.8. The Kier molecular flexibility index (Phi) is 8.44. The molecule has 1 saturated heterocycles. The van der Waals surface area contributed by atoms with Gasteiger partial charge in [0.15, 0.2) is 5.78 Å². The third kappa shape index (κ3) is 5.76. The summed E-state index contributed by atoms with van der Waals surface area (Å²) in [6, 6.07) is 11.7. The zero-order chi connectivity index (χ0) is 21.6. The number of ketones is 1. The van der Waals surface area contributed by atoms with E-state index in [0.717, 1.165) is 38.4 Å². The summed E-state index contributed by atoms with van der Waals surface area (Å²) in [5.41, 5.74) is 3.11. The highest BCUT2D eigenvalue weighted by atomic mass is 35.5. The minimum Gasteiger partial charge on any atom is -0.478 e. The topological polar surface area (TPSA) is 92.8 Å². The van der Waals surface area contributed by atoms with Crippen LogP contribution in [0.1, 0.15) is 28.5 Å². The van der Waals surface area contributed by atoms with Gasteiger partial charge in [0.05, 0.1) is 25.5 Å². The number of nitrogens with zero attached hydrogens (tertiary/aromatic N) is 2. The van der Waals surface area contributed by atoms with Crippen LogP contribution in [0.5, 0.6) is 5.88 Å². The zero-order valence-corrected chi connectivity index (χ0v) is 19.0. The number of morpholine rings is 1. The molecule has 2 aliphatic rings. The van der Waals surface area contributed by atoms with E-state index in [1.165, 1.54) is 5.56 Å². The van der Waals surface area contributed by atoms with Crippen molar-refractivity contribution in [3.8, 4) is 5.88 Å². The molecule has 1 aromatic heterocycles. The van der Waals surface area contributed by atoms with Crippen LogP contribution in [0.4, 0.5) is 5.69 Å². The van der Waals surface area contributed by atoms with Gasteiger partial charge in [-0.2, -0.15) is 0 Å². The van der Waals surface area contributed by atoms with Gasteiger partial charge in [-0.05, 0) is 24.1 Å². The number of halogens is 1. The summed E-state index contributed by atoms with van der Waals surface area (Å²) < 4.78 is 10.8. The van der Waals surface area contributed by atoms with Crippen LogP contribution >= 0.6 is 12.4 Å². The number of hydrogen-bond acceptors (Lipinski definition) is 7. The highest BCUT2D eigenvalue weighted by Crippen LogP contribution is 2.26. The molecule has 1 aromatic carbocycles. The zero-order valence-electron chi connectivity index (χ0n) is 18.1. The van der Waals surface area contributed by atoms with E-state index in [9.17, 15) is 9.59 Å². The van der Waals surface area contributed by atoms with Gasteiger partial charge in [0.1, 0.15) is 11.6 Å². The lowest BCUT2D eigenvalue weighted by Gasteiger charge is -2.26. The van der Waals surface area contributed by atoms with E-state index in [1.807, 2.05) is 19.1 Å². The number of benzene rings is 1. The average Bonchev–Trinajstić information content (AvgIpc) is 2.80. The maximum Gasteiger partial charge on any atom is 0.233 e. The maximum atomic E-state index is 12.8. The molecule has 0 radical (unpaired) electrons. The predicted molar refractivity (Wildman–Crippen MR) is 123 cm³/mol. The van der Waals surface area contributed by atoms with Crippen LogP contribution in [0.25, 0.3) is 0 Å². The molecular weight excluding hydrogens is 432 g/mol. The van der Waals surface area contributed by atoms with Gasteiger partial charge in [-0.15, -0.1) is 12.4 Å². The lowest BCUT2D eigenvalue weighted by atomic mass is 9.95. The Balaban J connectivity index is 0.00000289. The summed E-state index contributed by atoms with van der Waals surface area (Å²) in [6.45, 7) is 7.31. The largest absolute Gasteiger partial charge is 0.478 e. The smallest absolute Gasteiger partial charge is 0.233 e. The average molecular weight is 461 g/mol. The fourth-order valence-corrected chi connectivity index (χ4v) is 3.77. The van der Waals surface area contributed by atoms with Crippen LogP contribution in [0, 0.1) is 5.92 Å². The van der Waals surface area contributed by atoms with Gasteiger partial charge in [0, 0.05) is 38.8 Å². The number of rotatable bonds is 7. The molecule has 0 bridgehead atoms. The quantitative estimate of drug-likeness (QED) is 0.612. The fourth-order valence-electron chi connectivity index (χ4n) is 3.77.